The molecule has 1 heterocycles. The molecule has 0 spiro atoms. The van der Waals surface area contributed by atoms with Gasteiger partial charge < -0.3 is 5.32 Å². The van der Waals surface area contributed by atoms with Gasteiger partial charge in [-0.05, 0) is 49.4 Å². The summed E-state index contributed by atoms with van der Waals surface area (Å²) in [5, 5.41) is 3.65. The van der Waals surface area contributed by atoms with E-state index in [1.807, 2.05) is 36.5 Å². The Bertz CT molecular complexity index is 947. The summed E-state index contributed by atoms with van der Waals surface area (Å²) in [6.45, 7) is 4.18. The zero-order chi connectivity index (χ0) is 18.8. The third-order valence-electron chi connectivity index (χ3n) is 4.72. The standard InChI is InChI=1S/C22H23N3OS/c1-15-8-9-16(2)19(14-15)25-13-12-23-22(25)27-20(17-6-4-3-5-7-17)21(26)24-18-10-11-18/h3-9,12-14,18,20H,10-11H2,1-2H3,(H,24,26)/t20-/m0/s1. The molecule has 1 aliphatic rings. The summed E-state index contributed by atoms with van der Waals surface area (Å²) >= 11 is 1.50. The molecule has 5 heteroatoms. The highest BCUT2D eigenvalue weighted by Crippen LogP contribution is 2.37. The van der Waals surface area contributed by atoms with Gasteiger partial charge in [-0.3, -0.25) is 9.36 Å². The molecule has 4 rings (SSSR count). The number of nitrogens with zero attached hydrogens (tertiary/aromatic N) is 2. The van der Waals surface area contributed by atoms with Crippen LogP contribution < -0.4 is 5.32 Å². The van der Waals surface area contributed by atoms with E-state index in [2.05, 4.69) is 46.9 Å². The Morgan fingerprint density at radius 2 is 1.96 bits per heavy atom. The highest BCUT2D eigenvalue weighted by atomic mass is 32.2. The van der Waals surface area contributed by atoms with Crippen molar-refractivity contribution in [1.82, 2.24) is 14.9 Å². The molecule has 138 valence electrons. The monoisotopic (exact) mass is 377 g/mol. The summed E-state index contributed by atoms with van der Waals surface area (Å²) in [5.74, 6) is 0.0595. The van der Waals surface area contributed by atoms with Gasteiger partial charge in [-0.2, -0.15) is 0 Å². The minimum Gasteiger partial charge on any atom is -0.352 e. The van der Waals surface area contributed by atoms with Crippen LogP contribution in [0.5, 0.6) is 0 Å². The molecule has 4 nitrogen and oxygen atoms in total. The van der Waals surface area contributed by atoms with Crippen LogP contribution in [0.1, 0.15) is 34.8 Å². The van der Waals surface area contributed by atoms with Crippen LogP contribution >= 0.6 is 11.8 Å². The van der Waals surface area contributed by atoms with E-state index in [0.717, 1.165) is 29.2 Å². The normalized spacial score (nSPS) is 14.7. The van der Waals surface area contributed by atoms with Gasteiger partial charge in [0.25, 0.3) is 0 Å². The molecule has 1 aliphatic carbocycles. The summed E-state index contributed by atoms with van der Waals surface area (Å²) in [6, 6.07) is 16.7. The summed E-state index contributed by atoms with van der Waals surface area (Å²) in [4.78, 5) is 17.5. The largest absolute Gasteiger partial charge is 0.352 e. The Balaban J connectivity index is 1.67. The third-order valence-corrected chi connectivity index (χ3v) is 5.95. The maximum absolute atomic E-state index is 12.9. The van der Waals surface area contributed by atoms with Gasteiger partial charge in [-0.1, -0.05) is 54.2 Å². The van der Waals surface area contributed by atoms with Crippen molar-refractivity contribution in [3.05, 3.63) is 77.6 Å². The zero-order valence-electron chi connectivity index (χ0n) is 15.6. The van der Waals surface area contributed by atoms with Crippen LogP contribution in [0.25, 0.3) is 5.69 Å². The van der Waals surface area contributed by atoms with Crippen molar-refractivity contribution in [3.63, 3.8) is 0 Å². The summed E-state index contributed by atoms with van der Waals surface area (Å²) in [6.07, 6.45) is 5.92. The van der Waals surface area contributed by atoms with E-state index < -0.39 is 0 Å². The van der Waals surface area contributed by atoms with Gasteiger partial charge in [-0.15, -0.1) is 0 Å². The molecule has 1 fully saturated rings. The van der Waals surface area contributed by atoms with E-state index in [1.54, 1.807) is 6.20 Å². The van der Waals surface area contributed by atoms with Gasteiger partial charge in [0.05, 0.1) is 5.69 Å². The lowest BCUT2D eigenvalue weighted by Gasteiger charge is -2.18. The molecule has 27 heavy (non-hydrogen) atoms. The molecule has 0 aliphatic heterocycles. The van der Waals surface area contributed by atoms with Gasteiger partial charge in [0, 0.05) is 18.4 Å². The van der Waals surface area contributed by atoms with Crippen LogP contribution in [-0.4, -0.2) is 21.5 Å². The Labute approximate surface area is 164 Å². The second kappa shape index (κ2) is 7.61. The number of rotatable bonds is 6. The van der Waals surface area contributed by atoms with E-state index in [-0.39, 0.29) is 11.2 Å². The third kappa shape index (κ3) is 4.08. The van der Waals surface area contributed by atoms with Gasteiger partial charge in [0.1, 0.15) is 5.25 Å². The van der Waals surface area contributed by atoms with Crippen LogP contribution in [-0.2, 0) is 4.79 Å². The van der Waals surface area contributed by atoms with Crippen LogP contribution in [0.15, 0.2) is 66.1 Å². The fourth-order valence-electron chi connectivity index (χ4n) is 3.05. The number of nitrogens with one attached hydrogen (secondary N) is 1. The summed E-state index contributed by atoms with van der Waals surface area (Å²) < 4.78 is 2.08. The highest BCUT2D eigenvalue weighted by Gasteiger charge is 2.30. The Morgan fingerprint density at radius 1 is 1.19 bits per heavy atom. The van der Waals surface area contributed by atoms with E-state index >= 15 is 0 Å². The van der Waals surface area contributed by atoms with Crippen LogP contribution in [0.4, 0.5) is 0 Å². The number of carbonyl (C=O) groups is 1. The average Bonchev–Trinajstić information content (AvgIpc) is 3.37. The second-order valence-corrected chi connectivity index (χ2v) is 8.13. The van der Waals surface area contributed by atoms with Crippen molar-refractivity contribution in [2.45, 2.75) is 43.1 Å². The number of thioether (sulfide) groups is 1. The number of benzene rings is 2. The number of aryl methyl sites for hydroxylation is 2. The second-order valence-electron chi connectivity index (χ2n) is 7.06. The van der Waals surface area contributed by atoms with E-state index in [0.29, 0.717) is 6.04 Å². The first-order chi connectivity index (χ1) is 13.1. The van der Waals surface area contributed by atoms with Gasteiger partial charge in [0.15, 0.2) is 5.16 Å². The van der Waals surface area contributed by atoms with Crippen LogP contribution in [0.3, 0.4) is 0 Å². The fraction of sp³-hybridized carbons (Fsp3) is 0.273. The van der Waals surface area contributed by atoms with Crippen molar-refractivity contribution in [2.24, 2.45) is 0 Å². The molecule has 2 aromatic carbocycles. The van der Waals surface area contributed by atoms with E-state index in [4.69, 9.17) is 0 Å². The molecule has 3 aromatic rings. The predicted molar refractivity (Wildman–Crippen MR) is 109 cm³/mol. The number of amides is 1. The highest BCUT2D eigenvalue weighted by molar-refractivity contribution is 8.00. The van der Waals surface area contributed by atoms with Crippen molar-refractivity contribution in [3.8, 4) is 5.69 Å². The first-order valence-corrected chi connectivity index (χ1v) is 10.1. The molecule has 0 unspecified atom stereocenters. The predicted octanol–water partition coefficient (Wildman–Crippen LogP) is 4.60. The maximum Gasteiger partial charge on any atom is 0.238 e. The quantitative estimate of drug-likeness (QED) is 0.639. The number of hydrogen-bond donors (Lipinski definition) is 1. The first-order valence-electron chi connectivity index (χ1n) is 9.25. The molecular formula is C22H23N3OS. The van der Waals surface area contributed by atoms with Gasteiger partial charge in [-0.25, -0.2) is 4.98 Å². The minimum atomic E-state index is -0.321. The number of carbonyl (C=O) groups excluding carboxylic acids is 1. The van der Waals surface area contributed by atoms with E-state index in [1.165, 1.54) is 22.9 Å². The molecule has 1 aromatic heterocycles. The molecule has 1 N–H and O–H groups in total. The molecule has 0 bridgehead atoms. The SMILES string of the molecule is Cc1ccc(C)c(-n2ccnc2S[C@H](C(=O)NC2CC2)c2ccccc2)c1. The van der Waals surface area contributed by atoms with Gasteiger partial charge in [0.2, 0.25) is 5.91 Å². The number of hydrogen-bond acceptors (Lipinski definition) is 3. The van der Waals surface area contributed by atoms with Crippen LogP contribution in [0.2, 0.25) is 0 Å². The molecule has 0 radical (unpaired) electrons. The van der Waals surface area contributed by atoms with Gasteiger partial charge >= 0.3 is 0 Å². The maximum atomic E-state index is 12.9. The molecular weight excluding hydrogens is 354 g/mol. The molecule has 1 saturated carbocycles. The van der Waals surface area contributed by atoms with Crippen molar-refractivity contribution < 1.29 is 4.79 Å². The lowest BCUT2D eigenvalue weighted by atomic mass is 10.1. The van der Waals surface area contributed by atoms with Crippen LogP contribution in [0, 0.1) is 13.8 Å². The lowest BCUT2D eigenvalue weighted by molar-refractivity contribution is -0.120. The number of imidazole rings is 1. The molecule has 1 atom stereocenters. The fourth-order valence-corrected chi connectivity index (χ4v) is 4.12. The van der Waals surface area contributed by atoms with Crippen molar-refractivity contribution >= 4 is 17.7 Å². The number of aromatic nitrogens is 2. The van der Waals surface area contributed by atoms with Crippen molar-refractivity contribution in [2.75, 3.05) is 0 Å². The summed E-state index contributed by atoms with van der Waals surface area (Å²) in [7, 11) is 0. The summed E-state index contributed by atoms with van der Waals surface area (Å²) in [5.41, 5.74) is 4.48. The van der Waals surface area contributed by atoms with E-state index in [9.17, 15) is 4.79 Å². The Hall–Kier alpha value is -2.53. The topological polar surface area (TPSA) is 46.9 Å². The lowest BCUT2D eigenvalue weighted by Crippen LogP contribution is -2.29. The minimum absolute atomic E-state index is 0.0595. The Morgan fingerprint density at radius 3 is 2.70 bits per heavy atom. The smallest absolute Gasteiger partial charge is 0.238 e. The zero-order valence-corrected chi connectivity index (χ0v) is 16.4. The Kier molecular flexibility index (Phi) is 5.03. The molecule has 1 amide bonds. The van der Waals surface area contributed by atoms with Crippen molar-refractivity contribution in [1.29, 1.82) is 0 Å². The average molecular weight is 378 g/mol. The first kappa shape index (κ1) is 17.9. The molecule has 0 saturated heterocycles.